The standard InChI is InChI=1S/3C15H12N4.2C14H12N2.C13H11N3/c1-11-17-14(12-7-3-2-4-8-12)19-15(18-11)13-9-5-6-10-16-13;1-11-17-14(12-6-3-2-4-7-12)19-15(18-11)13-8-5-9-16-10-13;1-11-17-14(12-5-3-2-4-6-12)19-15(18-11)13-7-9-16-10-8-13;1-16-13-10-6-5-9-12(13)15-14(16)11-7-3-2-4-8-11;1-11-15-13-9-5-6-10-14(13)16(11)12-7-3-2-4-8-12;1-10-12(11-6-3-2-4-7-11)16-9-5-8-14-13(16)15-10/h3*2-10H,1H3;2*2-10H,1H3;2-9H,1H3. The van der Waals surface area contributed by atoms with Crippen molar-refractivity contribution in [1.82, 2.24) is 93.3 Å². The predicted molar refractivity (Wildman–Crippen MR) is 415 cm³/mol. The summed E-state index contributed by atoms with van der Waals surface area (Å²) >= 11 is 0. The van der Waals surface area contributed by atoms with Crippen LogP contribution in [0.25, 0.3) is 125 Å². The third kappa shape index (κ3) is 17.5. The van der Waals surface area contributed by atoms with Crippen LogP contribution in [0, 0.1) is 34.6 Å². The quantitative estimate of drug-likeness (QED) is 0.131. The normalized spacial score (nSPS) is 10.6. The number of imidazole rings is 3. The van der Waals surface area contributed by atoms with E-state index in [1.165, 1.54) is 11.1 Å². The largest absolute Gasteiger partial charge is 0.327 e. The van der Waals surface area contributed by atoms with Crippen molar-refractivity contribution < 1.29 is 0 Å². The fraction of sp³-hybridized carbons (Fsp3) is 0.0698. The first-order chi connectivity index (χ1) is 51.6. The van der Waals surface area contributed by atoms with Gasteiger partial charge in [0.05, 0.1) is 33.5 Å². The molecule has 19 nitrogen and oxygen atoms in total. The van der Waals surface area contributed by atoms with Gasteiger partial charge in [0.15, 0.2) is 34.9 Å². The molecule has 0 unspecified atom stereocenters. The molecule has 0 amide bonds. The number of hydrogen-bond donors (Lipinski definition) is 0. The van der Waals surface area contributed by atoms with Crippen molar-refractivity contribution in [2.75, 3.05) is 0 Å². The summed E-state index contributed by atoms with van der Waals surface area (Å²) in [6.07, 6.45) is 12.4. The van der Waals surface area contributed by atoms with E-state index in [4.69, 9.17) is 0 Å². The minimum absolute atomic E-state index is 0.604. The predicted octanol–water partition coefficient (Wildman–Crippen LogP) is 18.0. The van der Waals surface area contributed by atoms with E-state index in [1.54, 1.807) is 37.2 Å². The van der Waals surface area contributed by atoms with Crippen LogP contribution < -0.4 is 0 Å². The van der Waals surface area contributed by atoms with Crippen molar-refractivity contribution in [3.63, 3.8) is 0 Å². The van der Waals surface area contributed by atoms with Crippen molar-refractivity contribution >= 4 is 27.8 Å². The van der Waals surface area contributed by atoms with Gasteiger partial charge in [0, 0.05) is 95.1 Å². The second-order valence-corrected chi connectivity index (χ2v) is 23.7. The zero-order valence-electron chi connectivity index (χ0n) is 58.6. The molecule has 0 saturated carbocycles. The van der Waals surface area contributed by atoms with Crippen LogP contribution in [0.1, 0.15) is 29.0 Å². The van der Waals surface area contributed by atoms with E-state index in [-0.39, 0.29) is 0 Å². The molecule has 19 heteroatoms. The van der Waals surface area contributed by atoms with E-state index < -0.39 is 0 Å². The maximum Gasteiger partial charge on any atom is 0.234 e. The molecular formula is C86H71N19. The second-order valence-electron chi connectivity index (χ2n) is 23.7. The Hall–Kier alpha value is -14.2. The first kappa shape index (κ1) is 69.3. The summed E-state index contributed by atoms with van der Waals surface area (Å²) in [5.41, 5.74) is 15.6. The molecule has 0 spiro atoms. The van der Waals surface area contributed by atoms with Crippen molar-refractivity contribution in [3.8, 4) is 96.8 Å². The van der Waals surface area contributed by atoms with Crippen molar-refractivity contribution in [2.24, 2.45) is 7.05 Å². The van der Waals surface area contributed by atoms with Crippen molar-refractivity contribution in [3.05, 3.63) is 351 Å². The fourth-order valence-corrected chi connectivity index (χ4v) is 11.4. The van der Waals surface area contributed by atoms with Crippen LogP contribution in [-0.2, 0) is 7.05 Å². The molecule has 0 atom stereocenters. The van der Waals surface area contributed by atoms with E-state index in [0.717, 1.165) is 90.1 Å². The van der Waals surface area contributed by atoms with Crippen molar-refractivity contribution in [1.29, 1.82) is 0 Å². The molecule has 0 aliphatic rings. The minimum Gasteiger partial charge on any atom is -0.327 e. The Balaban J connectivity index is 0.000000112. The molecule has 8 aromatic carbocycles. The molecule has 18 rings (SSSR count). The monoisotopic (exact) mass is 1370 g/mol. The third-order valence-corrected chi connectivity index (χ3v) is 16.3. The highest BCUT2D eigenvalue weighted by Crippen LogP contribution is 2.27. The van der Waals surface area contributed by atoms with Gasteiger partial charge in [-0.15, -0.1) is 0 Å². The van der Waals surface area contributed by atoms with Gasteiger partial charge in [0.2, 0.25) is 5.78 Å². The molecule has 0 N–H and O–H groups in total. The van der Waals surface area contributed by atoms with Crippen LogP contribution in [-0.4, -0.2) is 93.3 Å². The molecule has 0 fully saturated rings. The Morgan fingerprint density at radius 1 is 0.286 bits per heavy atom. The summed E-state index contributed by atoms with van der Waals surface area (Å²) in [6.45, 7) is 9.65. The zero-order valence-corrected chi connectivity index (χ0v) is 58.6. The van der Waals surface area contributed by atoms with Gasteiger partial charge in [-0.3, -0.25) is 23.9 Å². The van der Waals surface area contributed by atoms with Gasteiger partial charge in [0.1, 0.15) is 34.8 Å². The molecule has 0 bridgehead atoms. The summed E-state index contributed by atoms with van der Waals surface area (Å²) in [5, 5.41) is 0. The lowest BCUT2D eigenvalue weighted by Gasteiger charge is -2.05. The van der Waals surface area contributed by atoms with E-state index in [2.05, 4.69) is 144 Å². The first-order valence-electron chi connectivity index (χ1n) is 33.9. The average Bonchev–Trinajstić information content (AvgIpc) is 1.69. The number of pyridine rings is 3. The molecule has 10 heterocycles. The summed E-state index contributed by atoms with van der Waals surface area (Å²) in [5.74, 6) is 8.87. The van der Waals surface area contributed by atoms with Crippen LogP contribution in [0.15, 0.2) is 322 Å². The Morgan fingerprint density at radius 3 is 1.23 bits per heavy atom. The summed E-state index contributed by atoms with van der Waals surface area (Å²) in [4.78, 5) is 70.0. The highest BCUT2D eigenvalue weighted by atomic mass is 15.1. The van der Waals surface area contributed by atoms with Crippen LogP contribution >= 0.6 is 0 Å². The molecule has 0 radical (unpaired) electrons. The van der Waals surface area contributed by atoms with Crippen LogP contribution in [0.2, 0.25) is 0 Å². The summed E-state index contributed by atoms with van der Waals surface area (Å²) in [7, 11) is 2.05. The average molecular weight is 1370 g/mol. The molecule has 510 valence electrons. The molecule has 18 aromatic rings. The Morgan fingerprint density at radius 2 is 0.714 bits per heavy atom. The van der Waals surface area contributed by atoms with E-state index in [0.29, 0.717) is 52.4 Å². The molecule has 105 heavy (non-hydrogen) atoms. The van der Waals surface area contributed by atoms with E-state index in [1.807, 2.05) is 276 Å². The van der Waals surface area contributed by atoms with Gasteiger partial charge in [-0.2, -0.15) is 0 Å². The number of benzene rings is 8. The number of aryl methyl sites for hydroxylation is 6. The molecule has 10 aromatic heterocycles. The van der Waals surface area contributed by atoms with Crippen molar-refractivity contribution in [2.45, 2.75) is 34.6 Å². The Bertz CT molecular complexity index is 5180. The minimum atomic E-state index is 0.604. The van der Waals surface area contributed by atoms with Crippen LogP contribution in [0.4, 0.5) is 0 Å². The van der Waals surface area contributed by atoms with Gasteiger partial charge in [-0.1, -0.05) is 200 Å². The molecule has 0 aliphatic heterocycles. The van der Waals surface area contributed by atoms with Crippen LogP contribution in [0.3, 0.4) is 0 Å². The number of rotatable bonds is 9. The van der Waals surface area contributed by atoms with Gasteiger partial charge in [-0.05, 0) is 113 Å². The molecule has 0 saturated heterocycles. The maximum atomic E-state index is 4.65. The number of aromatic nitrogens is 19. The number of nitrogens with zero attached hydrogens (tertiary/aromatic N) is 19. The van der Waals surface area contributed by atoms with Gasteiger partial charge in [0.25, 0.3) is 0 Å². The highest BCUT2D eigenvalue weighted by Gasteiger charge is 2.15. The van der Waals surface area contributed by atoms with Crippen LogP contribution in [0.5, 0.6) is 0 Å². The summed E-state index contributed by atoms with van der Waals surface area (Å²) < 4.78 is 6.32. The van der Waals surface area contributed by atoms with Gasteiger partial charge >= 0.3 is 0 Å². The topological polar surface area (TPSA) is 221 Å². The number of para-hydroxylation sites is 5. The Labute approximate surface area is 607 Å². The summed E-state index contributed by atoms with van der Waals surface area (Å²) in [6, 6.07) is 92.1. The molecular weight excluding hydrogens is 1300 g/mol. The lowest BCUT2D eigenvalue weighted by molar-refractivity contribution is 0.959. The highest BCUT2D eigenvalue weighted by molar-refractivity contribution is 5.81. The second kappa shape index (κ2) is 33.8. The van der Waals surface area contributed by atoms with E-state index in [9.17, 15) is 0 Å². The lowest BCUT2D eigenvalue weighted by atomic mass is 10.1. The third-order valence-electron chi connectivity index (χ3n) is 16.3. The maximum absolute atomic E-state index is 4.65. The first-order valence-corrected chi connectivity index (χ1v) is 33.9. The molecule has 0 aliphatic carbocycles. The zero-order chi connectivity index (χ0) is 72.1. The van der Waals surface area contributed by atoms with Gasteiger partial charge < -0.3 is 4.57 Å². The smallest absolute Gasteiger partial charge is 0.234 e. The fourth-order valence-electron chi connectivity index (χ4n) is 11.4. The Kier molecular flexibility index (Phi) is 22.3. The number of fused-ring (bicyclic) bond motifs is 3. The van der Waals surface area contributed by atoms with E-state index >= 15 is 0 Å². The lowest BCUT2D eigenvalue weighted by Crippen LogP contribution is -2.00. The van der Waals surface area contributed by atoms with Gasteiger partial charge in [-0.25, -0.2) is 64.8 Å². The number of hydrogen-bond acceptors (Lipinski definition) is 16. The SMILES string of the molecule is Cc1nc(-c2ccccc2)nc(-c2ccccn2)n1.Cc1nc(-c2ccccc2)nc(-c2cccnc2)n1.Cc1nc(-c2ccccc2)nc(-c2ccncc2)n1.Cc1nc2ccccc2n1-c1ccccc1.Cc1nc2ncccn2c1-c1ccccc1.Cn1c(-c2ccccc2)nc2ccccc21.